The molecule has 132 valence electrons. The topological polar surface area (TPSA) is 53.2 Å². The summed E-state index contributed by atoms with van der Waals surface area (Å²) in [5.74, 6) is 1.38. The number of ether oxygens (including phenoxy) is 1. The van der Waals surface area contributed by atoms with E-state index in [9.17, 15) is 0 Å². The van der Waals surface area contributed by atoms with Crippen LogP contribution >= 0.6 is 23.8 Å². The fraction of sp³-hybridized carbons (Fsp3) is 0.222. The summed E-state index contributed by atoms with van der Waals surface area (Å²) >= 11 is 10.8. The van der Waals surface area contributed by atoms with Crippen LogP contribution < -0.4 is 4.74 Å². The molecule has 0 spiro atoms. The van der Waals surface area contributed by atoms with Gasteiger partial charge in [0.05, 0.1) is 22.5 Å². The second-order valence-electron chi connectivity index (χ2n) is 5.29. The van der Waals surface area contributed by atoms with Gasteiger partial charge in [0.25, 0.3) is 5.90 Å². The number of furan rings is 1. The molecular weight excluding hydrogens is 362 g/mol. The van der Waals surface area contributed by atoms with Crippen LogP contribution in [0, 0.1) is 6.92 Å². The highest BCUT2D eigenvalue weighted by Gasteiger charge is 2.14. The molecule has 2 rings (SSSR count). The molecule has 0 fully saturated rings. The van der Waals surface area contributed by atoms with E-state index >= 15 is 0 Å². The molecule has 0 aliphatic carbocycles. The highest BCUT2D eigenvalue weighted by Crippen LogP contribution is 2.30. The third-order valence-corrected chi connectivity index (χ3v) is 3.52. The van der Waals surface area contributed by atoms with Crippen molar-refractivity contribution in [1.29, 1.82) is 0 Å². The van der Waals surface area contributed by atoms with Gasteiger partial charge in [-0.3, -0.25) is 9.78 Å². The third kappa shape index (κ3) is 5.62. The Labute approximate surface area is 156 Å². The number of hydrogen-bond donors (Lipinski definition) is 0. The molecule has 1 aromatic heterocycles. The van der Waals surface area contributed by atoms with Crippen molar-refractivity contribution in [2.24, 2.45) is 4.99 Å². The number of hydrogen-bond acceptors (Lipinski definition) is 6. The van der Waals surface area contributed by atoms with Crippen molar-refractivity contribution < 1.29 is 18.9 Å². The first-order chi connectivity index (χ1) is 12.0. The molecular formula is C18H18ClNO4S. The van der Waals surface area contributed by atoms with Crippen molar-refractivity contribution in [3.8, 4) is 5.75 Å². The molecule has 0 saturated heterocycles. The minimum Gasteiger partial charge on any atom is -0.488 e. The highest BCUT2D eigenvalue weighted by molar-refractivity contribution is 7.78. The van der Waals surface area contributed by atoms with Gasteiger partial charge >= 0.3 is 0 Å². The van der Waals surface area contributed by atoms with Crippen LogP contribution in [-0.2, 0) is 9.78 Å². The van der Waals surface area contributed by atoms with Gasteiger partial charge < -0.3 is 9.15 Å². The van der Waals surface area contributed by atoms with Gasteiger partial charge in [-0.25, -0.2) is 4.99 Å². The second-order valence-corrected chi connectivity index (χ2v) is 5.89. The quantitative estimate of drug-likeness (QED) is 0.157. The maximum absolute atomic E-state index is 6.17. The molecule has 2 aromatic rings. The number of aliphatic imine (C=N–C) groups is 1. The van der Waals surface area contributed by atoms with Gasteiger partial charge in [-0.2, -0.15) is 0 Å². The first-order valence-electron chi connectivity index (χ1n) is 7.47. The van der Waals surface area contributed by atoms with Crippen molar-refractivity contribution in [2.45, 2.75) is 20.8 Å². The van der Waals surface area contributed by atoms with Gasteiger partial charge in [-0.05, 0) is 57.3 Å². The van der Waals surface area contributed by atoms with E-state index < -0.39 is 0 Å². The SMILES string of the molecule is CC(C)=CCOc1cc(N=C(OOC=S)c2ccoc2C)ccc1Cl. The minimum absolute atomic E-state index is 0.213. The van der Waals surface area contributed by atoms with Crippen molar-refractivity contribution in [3.05, 3.63) is 58.5 Å². The summed E-state index contributed by atoms with van der Waals surface area (Å²) in [5.41, 5.74) is 3.40. The zero-order chi connectivity index (χ0) is 18.2. The van der Waals surface area contributed by atoms with Gasteiger partial charge in [0, 0.05) is 6.07 Å². The third-order valence-electron chi connectivity index (χ3n) is 3.13. The number of allylic oxidation sites excluding steroid dienone is 1. The fourth-order valence-electron chi connectivity index (χ4n) is 1.88. The lowest BCUT2D eigenvalue weighted by Gasteiger charge is -2.08. The molecule has 0 amide bonds. The molecule has 0 radical (unpaired) electrons. The van der Waals surface area contributed by atoms with Gasteiger partial charge in [0.2, 0.25) is 5.55 Å². The molecule has 0 atom stereocenters. The Kier molecular flexibility index (Phi) is 7.03. The Morgan fingerprint density at radius 2 is 2.12 bits per heavy atom. The van der Waals surface area contributed by atoms with Crippen molar-refractivity contribution in [2.75, 3.05) is 6.61 Å². The average molecular weight is 380 g/mol. The van der Waals surface area contributed by atoms with E-state index in [2.05, 4.69) is 17.2 Å². The predicted octanol–water partition coefficient (Wildman–Crippen LogP) is 5.57. The number of benzene rings is 1. The van der Waals surface area contributed by atoms with Crippen LogP contribution in [0.1, 0.15) is 25.2 Å². The van der Waals surface area contributed by atoms with Gasteiger partial charge in [-0.15, -0.1) is 0 Å². The van der Waals surface area contributed by atoms with E-state index in [-0.39, 0.29) is 5.90 Å². The lowest BCUT2D eigenvalue weighted by atomic mass is 10.2. The van der Waals surface area contributed by atoms with Gasteiger partial charge in [0.1, 0.15) is 18.1 Å². The molecule has 0 bridgehead atoms. The molecule has 25 heavy (non-hydrogen) atoms. The summed E-state index contributed by atoms with van der Waals surface area (Å²) in [7, 11) is 0. The first-order valence-corrected chi connectivity index (χ1v) is 8.32. The number of thiocarbonyl (C=S) groups is 1. The summed E-state index contributed by atoms with van der Waals surface area (Å²) in [6.07, 6.45) is 3.50. The van der Waals surface area contributed by atoms with E-state index in [0.29, 0.717) is 34.4 Å². The lowest BCUT2D eigenvalue weighted by molar-refractivity contribution is -0.122. The molecule has 7 heteroatoms. The van der Waals surface area contributed by atoms with Crippen LogP contribution in [0.15, 0.2) is 51.6 Å². The van der Waals surface area contributed by atoms with E-state index in [1.165, 1.54) is 6.26 Å². The summed E-state index contributed by atoms with van der Waals surface area (Å²) in [6, 6.07) is 6.89. The highest BCUT2D eigenvalue weighted by atomic mass is 35.5. The van der Waals surface area contributed by atoms with Crippen LogP contribution in [0.2, 0.25) is 5.02 Å². The number of halogens is 1. The van der Waals surface area contributed by atoms with Crippen LogP contribution in [0.25, 0.3) is 0 Å². The Morgan fingerprint density at radius 3 is 2.76 bits per heavy atom. The molecule has 1 heterocycles. The van der Waals surface area contributed by atoms with Crippen LogP contribution in [0.5, 0.6) is 5.75 Å². The molecule has 0 saturated carbocycles. The largest absolute Gasteiger partial charge is 0.488 e. The van der Waals surface area contributed by atoms with Gasteiger partial charge in [-0.1, -0.05) is 17.2 Å². The van der Waals surface area contributed by atoms with Gasteiger partial charge in [0.15, 0.2) is 0 Å². The van der Waals surface area contributed by atoms with Crippen molar-refractivity contribution >= 4 is 41.0 Å². The monoisotopic (exact) mass is 379 g/mol. The normalized spacial score (nSPS) is 11.0. The van der Waals surface area contributed by atoms with Crippen LogP contribution in [0.3, 0.4) is 0 Å². The Morgan fingerprint density at radius 1 is 1.32 bits per heavy atom. The number of aryl methyl sites for hydroxylation is 1. The van der Waals surface area contributed by atoms with E-state index in [4.69, 9.17) is 30.5 Å². The second kappa shape index (κ2) is 9.25. The molecule has 5 nitrogen and oxygen atoms in total. The van der Waals surface area contributed by atoms with Crippen molar-refractivity contribution in [1.82, 2.24) is 0 Å². The summed E-state index contributed by atoms with van der Waals surface area (Å²) < 4.78 is 11.0. The molecule has 0 unspecified atom stereocenters. The zero-order valence-corrected chi connectivity index (χ0v) is 15.7. The zero-order valence-electron chi connectivity index (χ0n) is 14.1. The summed E-state index contributed by atoms with van der Waals surface area (Å²) in [5, 5.41) is 0.498. The van der Waals surface area contributed by atoms with Crippen LogP contribution in [0.4, 0.5) is 5.69 Å². The molecule has 0 aliphatic rings. The van der Waals surface area contributed by atoms with Crippen molar-refractivity contribution in [3.63, 3.8) is 0 Å². The summed E-state index contributed by atoms with van der Waals surface area (Å²) in [6.45, 7) is 6.21. The predicted molar refractivity (Wildman–Crippen MR) is 102 cm³/mol. The van der Waals surface area contributed by atoms with E-state index in [0.717, 1.165) is 11.1 Å². The smallest absolute Gasteiger partial charge is 0.281 e. The number of rotatable bonds is 7. The van der Waals surface area contributed by atoms with Crippen LogP contribution in [-0.4, -0.2) is 18.1 Å². The minimum atomic E-state index is 0.213. The Bertz CT molecular complexity index is 794. The van der Waals surface area contributed by atoms with E-state index in [1.54, 1.807) is 31.2 Å². The average Bonchev–Trinajstić information content (AvgIpc) is 3.00. The Hall–Kier alpha value is -2.31. The maximum Gasteiger partial charge on any atom is 0.281 e. The summed E-state index contributed by atoms with van der Waals surface area (Å²) in [4.78, 5) is 14.3. The first kappa shape index (κ1) is 19.0. The molecule has 1 aromatic carbocycles. The molecule has 0 N–H and O–H groups in total. The maximum atomic E-state index is 6.17. The Balaban J connectivity index is 2.30. The number of nitrogens with zero attached hydrogens (tertiary/aromatic N) is 1. The molecule has 0 aliphatic heterocycles. The lowest BCUT2D eigenvalue weighted by Crippen LogP contribution is -2.07. The fourth-order valence-corrected chi connectivity index (χ4v) is 2.09. The van der Waals surface area contributed by atoms with E-state index in [1.807, 2.05) is 19.9 Å². The standard InChI is InChI=1S/C18H18ClNO4S/c1-12(2)6-8-22-17-10-14(4-5-16(17)19)20-18(24-23-11-25)15-7-9-21-13(15)3/h4-7,9-11H,8H2,1-3H3.